The predicted octanol–water partition coefficient (Wildman–Crippen LogP) is 4.23. The van der Waals surface area contributed by atoms with Crippen LogP contribution in [0.25, 0.3) is 17.1 Å². The van der Waals surface area contributed by atoms with Crippen LogP contribution >= 0.6 is 0 Å². The van der Waals surface area contributed by atoms with Crippen LogP contribution in [0.15, 0.2) is 73.1 Å². The third-order valence-electron chi connectivity index (χ3n) is 3.71. The summed E-state index contributed by atoms with van der Waals surface area (Å²) in [6.45, 7) is 3.29. The van der Waals surface area contributed by atoms with Crippen molar-refractivity contribution < 1.29 is 4.57 Å². The molecule has 0 N–H and O–H groups in total. The largest absolute Gasteiger partial charge is 0.294 e. The Morgan fingerprint density at radius 3 is 2.24 bits per heavy atom. The Morgan fingerprint density at radius 2 is 1.57 bits per heavy atom. The average Bonchev–Trinajstić information content (AvgIpc) is 2.98. The van der Waals surface area contributed by atoms with Gasteiger partial charge < -0.3 is 0 Å². The zero-order valence-electron chi connectivity index (χ0n) is 12.4. The number of unbranched alkanes of at least 4 members (excludes halogenated alkanes) is 1. The van der Waals surface area contributed by atoms with Crippen molar-refractivity contribution in [2.45, 2.75) is 26.3 Å². The molecule has 0 spiro atoms. The van der Waals surface area contributed by atoms with E-state index in [1.165, 1.54) is 29.9 Å². The first-order chi connectivity index (χ1) is 10.4. The van der Waals surface area contributed by atoms with E-state index in [2.05, 4.69) is 89.1 Å². The second-order valence-electron chi connectivity index (χ2n) is 5.24. The van der Waals surface area contributed by atoms with Gasteiger partial charge in [-0.05, 0) is 30.7 Å². The van der Waals surface area contributed by atoms with E-state index in [4.69, 9.17) is 0 Å². The molecular weight excluding hydrogens is 256 g/mol. The van der Waals surface area contributed by atoms with E-state index < -0.39 is 0 Å². The summed E-state index contributed by atoms with van der Waals surface area (Å²) in [7, 11) is 0. The SMILES string of the molecule is CCCC[n+]1ccn(-c2ccccc2)c1-c1ccccc1. The predicted molar refractivity (Wildman–Crippen MR) is 86.3 cm³/mol. The lowest BCUT2D eigenvalue weighted by atomic mass is 10.2. The van der Waals surface area contributed by atoms with Gasteiger partial charge in [0, 0.05) is 0 Å². The lowest BCUT2D eigenvalue weighted by molar-refractivity contribution is -0.685. The molecule has 0 aliphatic carbocycles. The van der Waals surface area contributed by atoms with Crippen molar-refractivity contribution in [2.24, 2.45) is 0 Å². The highest BCUT2D eigenvalue weighted by Gasteiger charge is 2.20. The monoisotopic (exact) mass is 277 g/mol. The van der Waals surface area contributed by atoms with Crippen molar-refractivity contribution in [2.75, 3.05) is 0 Å². The number of hydrogen-bond acceptors (Lipinski definition) is 0. The van der Waals surface area contributed by atoms with Gasteiger partial charge in [0.1, 0.15) is 18.1 Å². The first kappa shape index (κ1) is 13.6. The van der Waals surface area contributed by atoms with Crippen molar-refractivity contribution >= 4 is 0 Å². The minimum absolute atomic E-state index is 1.06. The maximum Gasteiger partial charge on any atom is 0.294 e. The van der Waals surface area contributed by atoms with Gasteiger partial charge in [0.05, 0.1) is 12.1 Å². The number of para-hydroxylation sites is 1. The maximum atomic E-state index is 2.35. The van der Waals surface area contributed by atoms with Crippen LogP contribution in [0.2, 0.25) is 0 Å². The molecule has 3 aromatic rings. The van der Waals surface area contributed by atoms with Gasteiger partial charge in [-0.3, -0.25) is 0 Å². The van der Waals surface area contributed by atoms with Crippen molar-refractivity contribution in [1.82, 2.24) is 4.57 Å². The van der Waals surface area contributed by atoms with Crippen LogP contribution in [0.5, 0.6) is 0 Å². The maximum absolute atomic E-state index is 2.35. The van der Waals surface area contributed by atoms with Gasteiger partial charge in [0.2, 0.25) is 0 Å². The summed E-state index contributed by atoms with van der Waals surface area (Å²) < 4.78 is 4.62. The highest BCUT2D eigenvalue weighted by atomic mass is 15.2. The first-order valence-electron chi connectivity index (χ1n) is 7.62. The van der Waals surface area contributed by atoms with Crippen molar-refractivity contribution in [3.05, 3.63) is 73.1 Å². The van der Waals surface area contributed by atoms with Crippen LogP contribution in [0.3, 0.4) is 0 Å². The topological polar surface area (TPSA) is 8.81 Å². The molecule has 1 heterocycles. The molecule has 1 aromatic heterocycles. The fourth-order valence-electron chi connectivity index (χ4n) is 2.62. The Labute approximate surface area is 126 Å². The summed E-state index contributed by atoms with van der Waals surface area (Å²) in [5.41, 5.74) is 2.45. The molecule has 0 aliphatic heterocycles. The van der Waals surface area contributed by atoms with Crippen molar-refractivity contribution in [3.8, 4) is 17.1 Å². The van der Waals surface area contributed by atoms with Gasteiger partial charge in [-0.2, -0.15) is 4.57 Å². The van der Waals surface area contributed by atoms with E-state index in [1.807, 2.05) is 0 Å². The van der Waals surface area contributed by atoms with Gasteiger partial charge >= 0.3 is 0 Å². The highest BCUT2D eigenvalue weighted by Crippen LogP contribution is 2.20. The Morgan fingerprint density at radius 1 is 0.905 bits per heavy atom. The molecule has 2 nitrogen and oxygen atoms in total. The molecule has 0 atom stereocenters. The zero-order valence-corrected chi connectivity index (χ0v) is 12.4. The van der Waals surface area contributed by atoms with Crippen molar-refractivity contribution in [1.29, 1.82) is 0 Å². The molecule has 0 bridgehead atoms. The second-order valence-corrected chi connectivity index (χ2v) is 5.24. The second kappa shape index (κ2) is 6.40. The van der Waals surface area contributed by atoms with E-state index in [1.54, 1.807) is 0 Å². The van der Waals surface area contributed by atoms with E-state index in [0.717, 1.165) is 6.54 Å². The highest BCUT2D eigenvalue weighted by molar-refractivity contribution is 5.55. The molecule has 106 valence electrons. The molecule has 3 rings (SSSR count). The number of aryl methyl sites for hydroxylation is 1. The molecular formula is C19H21N2+. The molecule has 0 radical (unpaired) electrons. The van der Waals surface area contributed by atoms with E-state index in [0.29, 0.717) is 0 Å². The normalized spacial score (nSPS) is 10.7. The Kier molecular flexibility index (Phi) is 4.15. The van der Waals surface area contributed by atoms with Gasteiger partial charge in [-0.25, -0.2) is 4.57 Å². The van der Waals surface area contributed by atoms with E-state index in [-0.39, 0.29) is 0 Å². The lowest BCUT2D eigenvalue weighted by Gasteiger charge is -2.05. The lowest BCUT2D eigenvalue weighted by Crippen LogP contribution is -2.34. The number of rotatable bonds is 5. The zero-order chi connectivity index (χ0) is 14.5. The Bertz CT molecular complexity index is 684. The summed E-state index contributed by atoms with van der Waals surface area (Å²) in [5, 5.41) is 0. The smallest absolute Gasteiger partial charge is 0.230 e. The van der Waals surface area contributed by atoms with Crippen LogP contribution < -0.4 is 4.57 Å². The Balaban J connectivity index is 2.11. The summed E-state index contributed by atoms with van der Waals surface area (Å²) in [5.74, 6) is 1.25. The standard InChI is InChI=1S/C19H21N2/c1-2-3-14-20-15-16-21(18-12-8-5-9-13-18)19(20)17-10-6-4-7-11-17/h4-13,15-16H,2-3,14H2,1H3/q+1. The third-order valence-corrected chi connectivity index (χ3v) is 3.71. The van der Waals surface area contributed by atoms with E-state index >= 15 is 0 Å². The molecule has 0 fully saturated rings. The fraction of sp³-hybridized carbons (Fsp3) is 0.211. The number of nitrogens with zero attached hydrogens (tertiary/aromatic N) is 2. The van der Waals surface area contributed by atoms with Gasteiger partial charge in [-0.15, -0.1) is 0 Å². The summed E-state index contributed by atoms with van der Waals surface area (Å²) in [4.78, 5) is 0. The molecule has 21 heavy (non-hydrogen) atoms. The van der Waals surface area contributed by atoms with Crippen molar-refractivity contribution in [3.63, 3.8) is 0 Å². The first-order valence-corrected chi connectivity index (χ1v) is 7.62. The quantitative estimate of drug-likeness (QED) is 0.617. The summed E-state index contributed by atoms with van der Waals surface area (Å²) >= 11 is 0. The Hall–Kier alpha value is -2.35. The van der Waals surface area contributed by atoms with Crippen LogP contribution in [-0.2, 0) is 6.54 Å². The fourth-order valence-corrected chi connectivity index (χ4v) is 2.62. The molecule has 0 saturated carbocycles. The molecule has 0 saturated heterocycles. The van der Waals surface area contributed by atoms with Gasteiger partial charge in [-0.1, -0.05) is 49.7 Å². The van der Waals surface area contributed by atoms with Gasteiger partial charge in [0.25, 0.3) is 5.82 Å². The molecule has 2 aromatic carbocycles. The van der Waals surface area contributed by atoms with Crippen LogP contribution in [0, 0.1) is 0 Å². The third kappa shape index (κ3) is 2.89. The minimum atomic E-state index is 1.06. The molecule has 2 heteroatoms. The molecule has 0 aliphatic rings. The van der Waals surface area contributed by atoms with Crippen LogP contribution in [0.4, 0.5) is 0 Å². The molecule has 0 amide bonds. The number of imidazole rings is 1. The van der Waals surface area contributed by atoms with Gasteiger partial charge in [0.15, 0.2) is 0 Å². The number of aromatic nitrogens is 2. The van der Waals surface area contributed by atoms with Crippen LogP contribution in [-0.4, -0.2) is 4.57 Å². The minimum Gasteiger partial charge on any atom is -0.230 e. The summed E-state index contributed by atoms with van der Waals surface area (Å²) in [6, 6.07) is 21.1. The van der Waals surface area contributed by atoms with E-state index in [9.17, 15) is 0 Å². The van der Waals surface area contributed by atoms with Crippen LogP contribution in [0.1, 0.15) is 19.8 Å². The average molecular weight is 277 g/mol. The number of hydrogen-bond donors (Lipinski definition) is 0. The molecule has 0 unspecified atom stereocenters. The number of benzene rings is 2. The summed E-state index contributed by atoms with van der Waals surface area (Å²) in [6.07, 6.45) is 6.75.